The topological polar surface area (TPSA) is 37.6 Å². The van der Waals surface area contributed by atoms with E-state index in [-0.39, 0.29) is 0 Å². The third-order valence-electron chi connectivity index (χ3n) is 3.37. The summed E-state index contributed by atoms with van der Waals surface area (Å²) in [6.07, 6.45) is 1.15. The van der Waals surface area contributed by atoms with Gasteiger partial charge in [-0.1, -0.05) is 13.8 Å². The summed E-state index contributed by atoms with van der Waals surface area (Å²) in [4.78, 5) is 2.34. The fraction of sp³-hybridized carbons (Fsp3) is 0.750. The highest BCUT2D eigenvalue weighted by molar-refractivity contribution is 5.20. The van der Waals surface area contributed by atoms with Crippen molar-refractivity contribution in [2.24, 2.45) is 0 Å². The zero-order chi connectivity index (χ0) is 14.8. The summed E-state index contributed by atoms with van der Waals surface area (Å²) >= 11 is 0. The quantitative estimate of drug-likeness (QED) is 0.633. The van der Waals surface area contributed by atoms with Crippen LogP contribution in [0.15, 0.2) is 10.5 Å². The molecule has 1 rings (SSSR count). The van der Waals surface area contributed by atoms with Gasteiger partial charge in [-0.15, -0.1) is 0 Å². The maximum Gasteiger partial charge on any atom is 0.120 e. The number of hydrogen-bond donors (Lipinski definition) is 1. The number of hydrogen-bond acceptors (Lipinski definition) is 4. The Bertz CT molecular complexity index is 363. The summed E-state index contributed by atoms with van der Waals surface area (Å²) in [7, 11) is 0. The van der Waals surface area contributed by atoms with E-state index >= 15 is 0 Å². The van der Waals surface area contributed by atoms with E-state index in [9.17, 15) is 0 Å². The lowest BCUT2D eigenvalue weighted by molar-refractivity contribution is 0.110. The minimum Gasteiger partial charge on any atom is -0.463 e. The van der Waals surface area contributed by atoms with Gasteiger partial charge in [-0.3, -0.25) is 4.90 Å². The molecular weight excluding hydrogens is 252 g/mol. The Balaban J connectivity index is 2.47. The van der Waals surface area contributed by atoms with Gasteiger partial charge in [0, 0.05) is 13.2 Å². The highest BCUT2D eigenvalue weighted by Gasteiger charge is 2.10. The average molecular weight is 282 g/mol. The standard InChI is InChI=1S/C16H30N2O2/c1-5-8-17-12-16-14(4)11-15(20-16)13-18(6-2)9-10-19-7-3/h11,17H,5-10,12-13H2,1-4H3. The van der Waals surface area contributed by atoms with Gasteiger partial charge in [0.25, 0.3) is 0 Å². The third kappa shape index (κ3) is 6.07. The molecule has 0 fully saturated rings. The van der Waals surface area contributed by atoms with Crippen LogP contribution < -0.4 is 5.32 Å². The summed E-state index contributed by atoms with van der Waals surface area (Å²) < 4.78 is 11.4. The van der Waals surface area contributed by atoms with E-state index in [0.29, 0.717) is 0 Å². The molecule has 0 aliphatic heterocycles. The van der Waals surface area contributed by atoms with Crippen LogP contribution in [0.1, 0.15) is 44.3 Å². The van der Waals surface area contributed by atoms with Gasteiger partial charge < -0.3 is 14.5 Å². The lowest BCUT2D eigenvalue weighted by Crippen LogP contribution is -2.26. The van der Waals surface area contributed by atoms with Crippen LogP contribution in [0, 0.1) is 6.92 Å². The zero-order valence-electron chi connectivity index (χ0n) is 13.5. The normalized spacial score (nSPS) is 11.4. The van der Waals surface area contributed by atoms with Gasteiger partial charge in [-0.2, -0.15) is 0 Å². The predicted molar refractivity (Wildman–Crippen MR) is 82.9 cm³/mol. The first kappa shape index (κ1) is 17.2. The van der Waals surface area contributed by atoms with E-state index in [1.807, 2.05) is 6.92 Å². The predicted octanol–water partition coefficient (Wildman–Crippen LogP) is 2.95. The molecule has 20 heavy (non-hydrogen) atoms. The van der Waals surface area contributed by atoms with Crippen LogP contribution in [0.25, 0.3) is 0 Å². The van der Waals surface area contributed by atoms with Crippen molar-refractivity contribution in [3.63, 3.8) is 0 Å². The fourth-order valence-electron chi connectivity index (χ4n) is 2.13. The lowest BCUT2D eigenvalue weighted by atomic mass is 10.2. The summed E-state index contributed by atoms with van der Waals surface area (Å²) in [5.41, 5.74) is 1.24. The van der Waals surface area contributed by atoms with Crippen molar-refractivity contribution in [2.75, 3.05) is 32.8 Å². The van der Waals surface area contributed by atoms with Crippen molar-refractivity contribution in [2.45, 2.75) is 47.2 Å². The van der Waals surface area contributed by atoms with E-state index in [1.165, 1.54) is 5.56 Å². The number of furan rings is 1. The molecule has 0 saturated carbocycles. The van der Waals surface area contributed by atoms with Crippen molar-refractivity contribution >= 4 is 0 Å². The number of rotatable bonds is 11. The number of nitrogens with zero attached hydrogens (tertiary/aromatic N) is 1. The summed E-state index contributed by atoms with van der Waals surface area (Å²) in [5.74, 6) is 2.11. The Morgan fingerprint density at radius 1 is 1.30 bits per heavy atom. The van der Waals surface area contributed by atoms with E-state index in [1.54, 1.807) is 0 Å². The van der Waals surface area contributed by atoms with Crippen LogP contribution in [-0.4, -0.2) is 37.7 Å². The third-order valence-corrected chi connectivity index (χ3v) is 3.37. The highest BCUT2D eigenvalue weighted by Crippen LogP contribution is 2.16. The molecule has 0 unspecified atom stereocenters. The maximum absolute atomic E-state index is 5.95. The van der Waals surface area contributed by atoms with Crippen LogP contribution in [-0.2, 0) is 17.8 Å². The Morgan fingerprint density at radius 3 is 2.75 bits per heavy atom. The minimum atomic E-state index is 0.782. The van der Waals surface area contributed by atoms with Crippen LogP contribution >= 0.6 is 0 Å². The van der Waals surface area contributed by atoms with Gasteiger partial charge in [0.2, 0.25) is 0 Å². The highest BCUT2D eigenvalue weighted by atomic mass is 16.5. The number of ether oxygens (including phenoxy) is 1. The largest absolute Gasteiger partial charge is 0.463 e. The first-order valence-corrected chi connectivity index (χ1v) is 7.80. The van der Waals surface area contributed by atoms with Crippen LogP contribution in [0.2, 0.25) is 0 Å². The number of aryl methyl sites for hydroxylation is 1. The monoisotopic (exact) mass is 282 g/mol. The second kappa shape index (κ2) is 9.97. The van der Waals surface area contributed by atoms with Crippen molar-refractivity contribution in [1.29, 1.82) is 0 Å². The van der Waals surface area contributed by atoms with Crippen LogP contribution in [0.5, 0.6) is 0 Å². The second-order valence-corrected chi connectivity index (χ2v) is 5.06. The molecule has 0 aromatic carbocycles. The molecule has 1 N–H and O–H groups in total. The molecule has 0 aliphatic carbocycles. The molecule has 0 bridgehead atoms. The molecule has 0 atom stereocenters. The molecule has 1 aromatic rings. The Morgan fingerprint density at radius 2 is 2.10 bits per heavy atom. The molecule has 0 spiro atoms. The van der Waals surface area contributed by atoms with E-state index in [0.717, 1.165) is 63.9 Å². The molecule has 0 amide bonds. The average Bonchev–Trinajstić information content (AvgIpc) is 2.78. The summed E-state index contributed by atoms with van der Waals surface area (Å²) in [6, 6.07) is 2.16. The minimum absolute atomic E-state index is 0.782. The van der Waals surface area contributed by atoms with E-state index < -0.39 is 0 Å². The smallest absolute Gasteiger partial charge is 0.120 e. The van der Waals surface area contributed by atoms with Crippen molar-refractivity contribution < 1.29 is 9.15 Å². The van der Waals surface area contributed by atoms with E-state index in [2.05, 4.69) is 37.1 Å². The molecule has 116 valence electrons. The molecule has 1 aromatic heterocycles. The zero-order valence-corrected chi connectivity index (χ0v) is 13.5. The molecule has 1 heterocycles. The Labute approximate surface area is 123 Å². The molecular formula is C16H30N2O2. The molecule has 4 heteroatoms. The Hall–Kier alpha value is -0.840. The van der Waals surface area contributed by atoms with E-state index in [4.69, 9.17) is 9.15 Å². The SMILES string of the molecule is CCCNCc1oc(CN(CC)CCOCC)cc1C. The van der Waals surface area contributed by atoms with Crippen molar-refractivity contribution in [3.8, 4) is 0 Å². The Kier molecular flexibility index (Phi) is 8.58. The van der Waals surface area contributed by atoms with Gasteiger partial charge in [0.1, 0.15) is 11.5 Å². The lowest BCUT2D eigenvalue weighted by Gasteiger charge is -2.18. The van der Waals surface area contributed by atoms with Gasteiger partial charge in [0.15, 0.2) is 0 Å². The first-order valence-electron chi connectivity index (χ1n) is 7.80. The summed E-state index contributed by atoms with van der Waals surface area (Å²) in [6.45, 7) is 14.7. The van der Waals surface area contributed by atoms with Gasteiger partial charge in [-0.25, -0.2) is 0 Å². The molecule has 0 aliphatic rings. The maximum atomic E-state index is 5.95. The molecule has 0 radical (unpaired) electrons. The number of nitrogens with one attached hydrogen (secondary N) is 1. The van der Waals surface area contributed by atoms with Gasteiger partial charge in [-0.05, 0) is 45.0 Å². The van der Waals surface area contributed by atoms with Crippen LogP contribution in [0.4, 0.5) is 0 Å². The molecule has 4 nitrogen and oxygen atoms in total. The van der Waals surface area contributed by atoms with Crippen molar-refractivity contribution in [1.82, 2.24) is 10.2 Å². The fourth-order valence-corrected chi connectivity index (χ4v) is 2.13. The molecule has 0 saturated heterocycles. The van der Waals surface area contributed by atoms with Gasteiger partial charge in [0.05, 0.1) is 19.7 Å². The first-order chi connectivity index (χ1) is 9.71. The van der Waals surface area contributed by atoms with Crippen LogP contribution in [0.3, 0.4) is 0 Å². The summed E-state index contributed by atoms with van der Waals surface area (Å²) in [5, 5.41) is 3.39. The van der Waals surface area contributed by atoms with Crippen molar-refractivity contribution in [3.05, 3.63) is 23.2 Å². The number of likely N-dealkylation sites (N-methyl/N-ethyl adjacent to an activating group) is 1. The second-order valence-electron chi connectivity index (χ2n) is 5.06. The van der Waals surface area contributed by atoms with Gasteiger partial charge >= 0.3 is 0 Å².